The Labute approximate surface area is 122 Å². The molecule has 0 spiro atoms. The Morgan fingerprint density at radius 2 is 2.33 bits per heavy atom. The van der Waals surface area contributed by atoms with Crippen molar-refractivity contribution in [1.82, 2.24) is 20.0 Å². The van der Waals surface area contributed by atoms with Gasteiger partial charge >= 0.3 is 0 Å². The fraction of sp³-hybridized carbons (Fsp3) is 0.400. The third-order valence-corrected chi connectivity index (χ3v) is 3.73. The Morgan fingerprint density at radius 1 is 1.48 bits per heavy atom. The number of piperidine rings is 1. The van der Waals surface area contributed by atoms with Crippen LogP contribution in [0.1, 0.15) is 28.8 Å². The van der Waals surface area contributed by atoms with Crippen molar-refractivity contribution >= 4 is 11.6 Å². The fourth-order valence-electron chi connectivity index (χ4n) is 2.58. The molecule has 0 saturated carbocycles. The van der Waals surface area contributed by atoms with Gasteiger partial charge in [-0.3, -0.25) is 14.0 Å². The van der Waals surface area contributed by atoms with Crippen LogP contribution >= 0.6 is 0 Å². The van der Waals surface area contributed by atoms with Gasteiger partial charge in [-0.2, -0.15) is 0 Å². The van der Waals surface area contributed by atoms with E-state index in [1.165, 1.54) is 10.6 Å². The molecular formula is C15H18N4O2. The van der Waals surface area contributed by atoms with Gasteiger partial charge in [-0.25, -0.2) is 4.98 Å². The number of hydrogen-bond donors (Lipinski definition) is 2. The zero-order valence-electron chi connectivity index (χ0n) is 11.9. The Kier molecular flexibility index (Phi) is 3.70. The highest BCUT2D eigenvalue weighted by Gasteiger charge is 2.19. The summed E-state index contributed by atoms with van der Waals surface area (Å²) in [5.41, 5.74) is 1.25. The highest BCUT2D eigenvalue weighted by Crippen LogP contribution is 2.04. The molecule has 0 aliphatic carbocycles. The number of aryl methyl sites for hydroxylation is 1. The fourth-order valence-corrected chi connectivity index (χ4v) is 2.58. The molecule has 1 amide bonds. The van der Waals surface area contributed by atoms with E-state index in [1.807, 2.05) is 13.0 Å². The van der Waals surface area contributed by atoms with Crippen LogP contribution in [0.25, 0.3) is 5.65 Å². The van der Waals surface area contributed by atoms with Crippen LogP contribution in [0.3, 0.4) is 0 Å². The molecule has 1 unspecified atom stereocenters. The summed E-state index contributed by atoms with van der Waals surface area (Å²) in [6, 6.07) is 3.72. The normalized spacial score (nSPS) is 18.6. The lowest BCUT2D eigenvalue weighted by atomic mass is 10.1. The summed E-state index contributed by atoms with van der Waals surface area (Å²) >= 11 is 0. The molecule has 2 aromatic rings. The van der Waals surface area contributed by atoms with Gasteiger partial charge in [0.1, 0.15) is 11.2 Å². The summed E-state index contributed by atoms with van der Waals surface area (Å²) in [4.78, 5) is 28.9. The van der Waals surface area contributed by atoms with Crippen LogP contribution in [-0.4, -0.2) is 34.4 Å². The molecule has 110 valence electrons. The number of carbonyl (C=O) groups excluding carboxylic acids is 1. The molecule has 0 aromatic carbocycles. The van der Waals surface area contributed by atoms with Crippen LogP contribution in [0.15, 0.2) is 29.3 Å². The molecule has 3 rings (SSSR count). The van der Waals surface area contributed by atoms with Crippen LogP contribution in [-0.2, 0) is 0 Å². The van der Waals surface area contributed by atoms with Gasteiger partial charge in [0, 0.05) is 25.0 Å². The number of rotatable bonds is 2. The molecule has 1 saturated heterocycles. The van der Waals surface area contributed by atoms with E-state index in [0.29, 0.717) is 5.65 Å². The lowest BCUT2D eigenvalue weighted by Gasteiger charge is -2.23. The monoisotopic (exact) mass is 286 g/mol. The minimum Gasteiger partial charge on any atom is -0.348 e. The van der Waals surface area contributed by atoms with Crippen molar-refractivity contribution in [2.24, 2.45) is 0 Å². The number of aromatic nitrogens is 2. The van der Waals surface area contributed by atoms with E-state index in [1.54, 1.807) is 12.3 Å². The topological polar surface area (TPSA) is 75.5 Å². The van der Waals surface area contributed by atoms with Crippen LogP contribution in [0.4, 0.5) is 0 Å². The number of fused-ring (bicyclic) bond motifs is 1. The van der Waals surface area contributed by atoms with Crippen LogP contribution in [0, 0.1) is 6.92 Å². The average molecular weight is 286 g/mol. The second-order valence-electron chi connectivity index (χ2n) is 5.43. The van der Waals surface area contributed by atoms with E-state index in [0.717, 1.165) is 31.5 Å². The number of nitrogens with zero attached hydrogens (tertiary/aromatic N) is 2. The van der Waals surface area contributed by atoms with E-state index in [9.17, 15) is 9.59 Å². The second-order valence-corrected chi connectivity index (χ2v) is 5.43. The van der Waals surface area contributed by atoms with E-state index in [4.69, 9.17) is 0 Å². The Balaban J connectivity index is 1.90. The summed E-state index contributed by atoms with van der Waals surface area (Å²) in [5.74, 6) is -0.350. The zero-order chi connectivity index (χ0) is 14.8. The Hall–Kier alpha value is -2.21. The van der Waals surface area contributed by atoms with E-state index >= 15 is 0 Å². The number of pyridine rings is 1. The average Bonchev–Trinajstić information content (AvgIpc) is 2.49. The minimum atomic E-state index is -0.350. The van der Waals surface area contributed by atoms with E-state index < -0.39 is 0 Å². The van der Waals surface area contributed by atoms with Gasteiger partial charge in [0.05, 0.1) is 0 Å². The molecule has 1 aliphatic rings. The van der Waals surface area contributed by atoms with E-state index in [2.05, 4.69) is 15.6 Å². The molecular weight excluding hydrogens is 268 g/mol. The molecule has 3 heterocycles. The first-order valence-corrected chi connectivity index (χ1v) is 7.15. The van der Waals surface area contributed by atoms with Crippen LogP contribution in [0.2, 0.25) is 0 Å². The molecule has 6 heteroatoms. The first kappa shape index (κ1) is 13.8. The predicted octanol–water partition coefficient (Wildman–Crippen LogP) is 0.485. The lowest BCUT2D eigenvalue weighted by molar-refractivity contribution is 0.0928. The van der Waals surface area contributed by atoms with Crippen LogP contribution < -0.4 is 16.2 Å². The minimum absolute atomic E-state index is 0.0730. The van der Waals surface area contributed by atoms with Gasteiger partial charge in [-0.05, 0) is 37.9 Å². The quantitative estimate of drug-likeness (QED) is 0.842. The smallest absolute Gasteiger partial charge is 0.270 e. The lowest BCUT2D eigenvalue weighted by Crippen LogP contribution is -2.46. The third kappa shape index (κ3) is 2.80. The summed E-state index contributed by atoms with van der Waals surface area (Å²) in [7, 11) is 0. The van der Waals surface area contributed by atoms with Crippen molar-refractivity contribution in [2.75, 3.05) is 13.1 Å². The molecule has 0 bridgehead atoms. The summed E-state index contributed by atoms with van der Waals surface area (Å²) < 4.78 is 1.42. The second kappa shape index (κ2) is 5.65. The highest BCUT2D eigenvalue weighted by molar-refractivity contribution is 5.93. The molecule has 1 atom stereocenters. The third-order valence-electron chi connectivity index (χ3n) is 3.73. The van der Waals surface area contributed by atoms with Crippen molar-refractivity contribution in [3.63, 3.8) is 0 Å². The van der Waals surface area contributed by atoms with Gasteiger partial charge in [0.15, 0.2) is 0 Å². The Morgan fingerprint density at radius 3 is 3.10 bits per heavy atom. The molecule has 1 aliphatic heterocycles. The standard InChI is InChI=1S/C15H18N4O2/c1-10-4-5-13-17-8-12(15(21)19(13)9-10)14(20)18-11-3-2-6-16-7-11/h4-5,8-9,11,16H,2-3,6-7H2,1H3,(H,18,20). The molecule has 21 heavy (non-hydrogen) atoms. The summed E-state index contributed by atoms with van der Waals surface area (Å²) in [5, 5.41) is 6.13. The molecule has 6 nitrogen and oxygen atoms in total. The highest BCUT2D eigenvalue weighted by atomic mass is 16.2. The maximum atomic E-state index is 12.4. The van der Waals surface area contributed by atoms with Crippen molar-refractivity contribution < 1.29 is 4.79 Å². The summed E-state index contributed by atoms with van der Waals surface area (Å²) in [6.07, 6.45) is 5.02. The molecule has 1 fully saturated rings. The molecule has 2 aromatic heterocycles. The number of carbonyl (C=O) groups is 1. The molecule has 2 N–H and O–H groups in total. The van der Waals surface area contributed by atoms with Crippen molar-refractivity contribution in [3.05, 3.63) is 46.0 Å². The maximum Gasteiger partial charge on any atom is 0.270 e. The summed E-state index contributed by atoms with van der Waals surface area (Å²) in [6.45, 7) is 3.62. The predicted molar refractivity (Wildman–Crippen MR) is 79.6 cm³/mol. The first-order chi connectivity index (χ1) is 10.1. The van der Waals surface area contributed by atoms with Gasteiger partial charge in [0.25, 0.3) is 11.5 Å². The van der Waals surface area contributed by atoms with Gasteiger partial charge in [-0.15, -0.1) is 0 Å². The zero-order valence-corrected chi connectivity index (χ0v) is 11.9. The number of nitrogens with one attached hydrogen (secondary N) is 2. The van der Waals surface area contributed by atoms with Crippen molar-refractivity contribution in [3.8, 4) is 0 Å². The number of hydrogen-bond acceptors (Lipinski definition) is 4. The van der Waals surface area contributed by atoms with Gasteiger partial charge < -0.3 is 10.6 Å². The number of amides is 1. The SMILES string of the molecule is Cc1ccc2ncc(C(=O)NC3CCCNC3)c(=O)n2c1. The largest absolute Gasteiger partial charge is 0.348 e. The van der Waals surface area contributed by atoms with Gasteiger partial charge in [0.2, 0.25) is 0 Å². The van der Waals surface area contributed by atoms with Crippen molar-refractivity contribution in [2.45, 2.75) is 25.8 Å². The van der Waals surface area contributed by atoms with Crippen LogP contribution in [0.5, 0.6) is 0 Å². The molecule has 0 radical (unpaired) electrons. The maximum absolute atomic E-state index is 12.4. The van der Waals surface area contributed by atoms with Gasteiger partial charge in [-0.1, -0.05) is 6.07 Å². The van der Waals surface area contributed by atoms with E-state index in [-0.39, 0.29) is 23.1 Å². The Bertz CT molecular complexity index is 732. The first-order valence-electron chi connectivity index (χ1n) is 7.15. The van der Waals surface area contributed by atoms with Crippen molar-refractivity contribution in [1.29, 1.82) is 0 Å².